The first-order chi connectivity index (χ1) is 10.3. The Hall–Kier alpha value is -1.56. The number of ether oxygens (including phenoxy) is 4. The van der Waals surface area contributed by atoms with Crippen molar-refractivity contribution in [3.05, 3.63) is 30.5 Å². The van der Waals surface area contributed by atoms with E-state index in [2.05, 4.69) is 22.9 Å². The van der Waals surface area contributed by atoms with Gasteiger partial charge in [0.25, 0.3) is 0 Å². The van der Waals surface area contributed by atoms with E-state index in [1.54, 1.807) is 14.2 Å². The Morgan fingerprint density at radius 2 is 1.67 bits per heavy atom. The summed E-state index contributed by atoms with van der Waals surface area (Å²) < 4.78 is 23.2. The van der Waals surface area contributed by atoms with Gasteiger partial charge in [0.1, 0.15) is 5.75 Å². The molecule has 21 heavy (non-hydrogen) atoms. The first-order valence-corrected chi connectivity index (χ1v) is 7.12. The summed E-state index contributed by atoms with van der Waals surface area (Å²) in [6.45, 7) is 3.95. The number of hydrogen-bond donors (Lipinski definition) is 0. The van der Waals surface area contributed by atoms with Gasteiger partial charge in [-0.15, -0.1) is 0 Å². The molecule has 2 rings (SSSR count). The normalized spacial score (nSPS) is 11.1. The minimum absolute atomic E-state index is 0.604. The molecule has 0 N–H and O–H groups in total. The highest BCUT2D eigenvalue weighted by Gasteiger charge is 2.02. The van der Waals surface area contributed by atoms with Gasteiger partial charge >= 0.3 is 0 Å². The molecule has 0 aliphatic rings. The molecule has 0 amide bonds. The number of fused-ring (bicyclic) bond motifs is 1. The van der Waals surface area contributed by atoms with E-state index >= 15 is 0 Å². The second kappa shape index (κ2) is 8.67. The fourth-order valence-corrected chi connectivity index (χ4v) is 2.13. The summed E-state index contributed by atoms with van der Waals surface area (Å²) >= 11 is 0. The van der Waals surface area contributed by atoms with E-state index in [0.29, 0.717) is 33.0 Å². The van der Waals surface area contributed by atoms with Crippen molar-refractivity contribution in [2.24, 2.45) is 0 Å². The Morgan fingerprint density at radius 1 is 0.905 bits per heavy atom. The molecule has 0 aliphatic carbocycles. The van der Waals surface area contributed by atoms with E-state index in [0.717, 1.165) is 12.3 Å². The molecule has 1 aromatic carbocycles. The Labute approximate surface area is 125 Å². The van der Waals surface area contributed by atoms with Crippen LogP contribution < -0.4 is 4.74 Å². The second-order valence-electron chi connectivity index (χ2n) is 4.65. The zero-order valence-corrected chi connectivity index (χ0v) is 12.7. The van der Waals surface area contributed by atoms with Gasteiger partial charge < -0.3 is 23.5 Å². The van der Waals surface area contributed by atoms with E-state index in [4.69, 9.17) is 18.9 Å². The Bertz CT molecular complexity index is 538. The van der Waals surface area contributed by atoms with Crippen molar-refractivity contribution < 1.29 is 18.9 Å². The summed E-state index contributed by atoms with van der Waals surface area (Å²) in [7, 11) is 3.34. The van der Waals surface area contributed by atoms with Gasteiger partial charge in [-0.05, 0) is 24.3 Å². The molecule has 1 heterocycles. The van der Waals surface area contributed by atoms with Gasteiger partial charge in [0, 0.05) is 30.8 Å². The van der Waals surface area contributed by atoms with Crippen LogP contribution in [0.15, 0.2) is 30.5 Å². The second-order valence-corrected chi connectivity index (χ2v) is 4.65. The number of hydrogen-bond acceptors (Lipinski definition) is 4. The fraction of sp³-hybridized carbons (Fsp3) is 0.500. The molecule has 0 saturated heterocycles. The van der Waals surface area contributed by atoms with Crippen LogP contribution in [-0.2, 0) is 20.8 Å². The van der Waals surface area contributed by atoms with E-state index in [-0.39, 0.29) is 0 Å². The van der Waals surface area contributed by atoms with Crippen LogP contribution in [0.5, 0.6) is 5.75 Å². The van der Waals surface area contributed by atoms with Crippen molar-refractivity contribution in [3.8, 4) is 5.75 Å². The first-order valence-electron chi connectivity index (χ1n) is 7.12. The van der Waals surface area contributed by atoms with E-state index in [1.165, 1.54) is 10.9 Å². The van der Waals surface area contributed by atoms with Crippen LogP contribution in [0.2, 0.25) is 0 Å². The van der Waals surface area contributed by atoms with E-state index in [1.807, 2.05) is 12.1 Å². The molecule has 0 fully saturated rings. The smallest absolute Gasteiger partial charge is 0.119 e. The molecule has 5 nitrogen and oxygen atoms in total. The molecule has 0 atom stereocenters. The summed E-state index contributed by atoms with van der Waals surface area (Å²) in [5, 5.41) is 1.18. The molecule has 5 heteroatoms. The number of aromatic nitrogens is 1. The molecule has 1 aromatic heterocycles. The van der Waals surface area contributed by atoms with Crippen LogP contribution in [0.3, 0.4) is 0 Å². The van der Waals surface area contributed by atoms with Crippen molar-refractivity contribution in [1.29, 1.82) is 0 Å². The summed E-state index contributed by atoms with van der Waals surface area (Å²) in [4.78, 5) is 0. The molecule has 0 aliphatic heterocycles. The number of rotatable bonds is 10. The quantitative estimate of drug-likeness (QED) is 0.631. The lowest BCUT2D eigenvalue weighted by molar-refractivity contribution is 0.0232. The lowest BCUT2D eigenvalue weighted by Crippen LogP contribution is -2.11. The van der Waals surface area contributed by atoms with Gasteiger partial charge in [0.05, 0.1) is 40.1 Å². The molecule has 2 aromatic rings. The molecule has 0 radical (unpaired) electrons. The maximum absolute atomic E-state index is 5.57. The predicted octanol–water partition coefficient (Wildman–Crippen LogP) is 2.33. The standard InChI is InChI=1S/C16H23NO4/c1-18-9-10-21-12-11-20-8-7-17-6-5-14-13-15(19-2)3-4-16(14)17/h3-6,13H,7-12H2,1-2H3. The van der Waals surface area contributed by atoms with Gasteiger partial charge in [0.2, 0.25) is 0 Å². The van der Waals surface area contributed by atoms with Gasteiger partial charge in [-0.2, -0.15) is 0 Å². The first kappa shape index (κ1) is 15.8. The van der Waals surface area contributed by atoms with E-state index < -0.39 is 0 Å². The minimum Gasteiger partial charge on any atom is -0.497 e. The monoisotopic (exact) mass is 293 g/mol. The third-order valence-corrected chi connectivity index (χ3v) is 3.26. The van der Waals surface area contributed by atoms with Crippen LogP contribution >= 0.6 is 0 Å². The van der Waals surface area contributed by atoms with Crippen molar-refractivity contribution in [1.82, 2.24) is 4.57 Å². The lowest BCUT2D eigenvalue weighted by Gasteiger charge is -2.08. The van der Waals surface area contributed by atoms with Crippen molar-refractivity contribution in [2.75, 3.05) is 47.3 Å². The molecule has 116 valence electrons. The lowest BCUT2D eigenvalue weighted by atomic mass is 10.2. The molecular weight excluding hydrogens is 270 g/mol. The van der Waals surface area contributed by atoms with Crippen molar-refractivity contribution in [2.45, 2.75) is 6.54 Å². The fourth-order valence-electron chi connectivity index (χ4n) is 2.13. The SMILES string of the molecule is COCCOCCOCCn1ccc2cc(OC)ccc21. The maximum atomic E-state index is 5.57. The number of benzene rings is 1. The van der Waals surface area contributed by atoms with Gasteiger partial charge in [-0.3, -0.25) is 0 Å². The molecule has 0 spiro atoms. The summed E-state index contributed by atoms with van der Waals surface area (Å²) in [5.41, 5.74) is 1.19. The van der Waals surface area contributed by atoms with Gasteiger partial charge in [-0.25, -0.2) is 0 Å². The zero-order valence-electron chi connectivity index (χ0n) is 12.7. The maximum Gasteiger partial charge on any atom is 0.119 e. The van der Waals surface area contributed by atoms with Crippen LogP contribution in [0, 0.1) is 0 Å². The topological polar surface area (TPSA) is 41.9 Å². The van der Waals surface area contributed by atoms with Gasteiger partial charge in [0.15, 0.2) is 0 Å². The van der Waals surface area contributed by atoms with Crippen LogP contribution in [0.1, 0.15) is 0 Å². The highest BCUT2D eigenvalue weighted by Crippen LogP contribution is 2.21. The molecule has 0 saturated carbocycles. The summed E-state index contributed by atoms with van der Waals surface area (Å²) in [5.74, 6) is 0.879. The number of methoxy groups -OCH3 is 2. The largest absolute Gasteiger partial charge is 0.497 e. The minimum atomic E-state index is 0.604. The third-order valence-electron chi connectivity index (χ3n) is 3.26. The Balaban J connectivity index is 1.71. The zero-order chi connectivity index (χ0) is 14.9. The highest BCUT2D eigenvalue weighted by molar-refractivity contribution is 5.81. The van der Waals surface area contributed by atoms with Crippen molar-refractivity contribution >= 4 is 10.9 Å². The van der Waals surface area contributed by atoms with Crippen LogP contribution in [-0.4, -0.2) is 51.8 Å². The van der Waals surface area contributed by atoms with Crippen LogP contribution in [0.4, 0.5) is 0 Å². The average molecular weight is 293 g/mol. The van der Waals surface area contributed by atoms with Gasteiger partial charge in [-0.1, -0.05) is 0 Å². The summed E-state index contributed by atoms with van der Waals surface area (Å²) in [6, 6.07) is 8.17. The highest BCUT2D eigenvalue weighted by atomic mass is 16.5. The van der Waals surface area contributed by atoms with E-state index in [9.17, 15) is 0 Å². The predicted molar refractivity (Wildman–Crippen MR) is 82.0 cm³/mol. The molecular formula is C16H23NO4. The number of nitrogens with zero attached hydrogens (tertiary/aromatic N) is 1. The Morgan fingerprint density at radius 3 is 2.43 bits per heavy atom. The molecule has 0 bridgehead atoms. The Kier molecular flexibility index (Phi) is 6.53. The van der Waals surface area contributed by atoms with Crippen molar-refractivity contribution in [3.63, 3.8) is 0 Å². The average Bonchev–Trinajstić information content (AvgIpc) is 2.92. The van der Waals surface area contributed by atoms with Crippen LogP contribution in [0.25, 0.3) is 10.9 Å². The molecule has 0 unspecified atom stereocenters. The third kappa shape index (κ3) is 4.74. The summed E-state index contributed by atoms with van der Waals surface area (Å²) in [6.07, 6.45) is 2.07.